The molecule has 0 rings (SSSR count). The van der Waals surface area contributed by atoms with Gasteiger partial charge in [-0.1, -0.05) is 0 Å². The van der Waals surface area contributed by atoms with Crippen LogP contribution in [-0.4, -0.2) is 71.0 Å². The molecule has 0 aromatic carbocycles. The molecule has 0 aromatic heterocycles. The van der Waals surface area contributed by atoms with Crippen LogP contribution in [0.15, 0.2) is 0 Å². The molecule has 0 spiro atoms. The van der Waals surface area contributed by atoms with Crippen molar-refractivity contribution in [2.45, 2.75) is 0 Å². The van der Waals surface area contributed by atoms with E-state index in [4.69, 9.17) is 25.1 Å². The number of hydrogen-bond donors (Lipinski definition) is 3. The summed E-state index contributed by atoms with van der Waals surface area (Å²) in [6.07, 6.45) is 0. The average molecular weight is 236 g/mol. The van der Waals surface area contributed by atoms with E-state index < -0.39 is 0 Å². The molecule has 6 nitrogen and oxygen atoms in total. The van der Waals surface area contributed by atoms with E-state index in [9.17, 15) is 0 Å². The smallest absolute Gasteiger partial charge is 0.0701 e. The van der Waals surface area contributed by atoms with Gasteiger partial charge < -0.3 is 30.4 Å². The number of nitrogens with two attached hydrogens (primary N) is 1. The molecule has 98 valence electrons. The molecular formula is C10H24N2O4. The van der Waals surface area contributed by atoms with Crippen molar-refractivity contribution < 1.29 is 19.3 Å². The highest BCUT2D eigenvalue weighted by atomic mass is 16.5. The number of ether oxygens (including phenoxy) is 3. The van der Waals surface area contributed by atoms with E-state index in [2.05, 4.69) is 5.32 Å². The van der Waals surface area contributed by atoms with Gasteiger partial charge in [0.1, 0.15) is 0 Å². The Labute approximate surface area is 97.0 Å². The zero-order valence-electron chi connectivity index (χ0n) is 9.82. The van der Waals surface area contributed by atoms with Gasteiger partial charge in [0.25, 0.3) is 0 Å². The van der Waals surface area contributed by atoms with Gasteiger partial charge in [0.05, 0.1) is 46.2 Å². The fourth-order valence-electron chi connectivity index (χ4n) is 0.986. The molecular weight excluding hydrogens is 212 g/mol. The lowest BCUT2D eigenvalue weighted by Crippen LogP contribution is -2.25. The van der Waals surface area contributed by atoms with Crippen LogP contribution in [0.3, 0.4) is 0 Å². The van der Waals surface area contributed by atoms with Crippen molar-refractivity contribution in [3.8, 4) is 0 Å². The lowest BCUT2D eigenvalue weighted by molar-refractivity contribution is 0.0505. The Bertz CT molecular complexity index is 113. The Morgan fingerprint density at radius 3 is 1.94 bits per heavy atom. The van der Waals surface area contributed by atoms with Crippen molar-refractivity contribution >= 4 is 0 Å². The molecule has 0 aliphatic rings. The molecule has 0 aliphatic carbocycles. The Hall–Kier alpha value is -0.240. The second kappa shape index (κ2) is 14.8. The first-order chi connectivity index (χ1) is 7.91. The monoisotopic (exact) mass is 236 g/mol. The van der Waals surface area contributed by atoms with Crippen LogP contribution in [0.2, 0.25) is 0 Å². The molecule has 0 saturated heterocycles. The van der Waals surface area contributed by atoms with Gasteiger partial charge in [-0.3, -0.25) is 0 Å². The SMILES string of the molecule is NCCOCCOCCNCCOCCO. The molecule has 0 unspecified atom stereocenters. The minimum Gasteiger partial charge on any atom is -0.394 e. The van der Waals surface area contributed by atoms with Gasteiger partial charge >= 0.3 is 0 Å². The molecule has 0 radical (unpaired) electrons. The number of hydrogen-bond acceptors (Lipinski definition) is 6. The van der Waals surface area contributed by atoms with Gasteiger partial charge in [-0.15, -0.1) is 0 Å². The summed E-state index contributed by atoms with van der Waals surface area (Å²) in [6, 6.07) is 0. The Balaban J connectivity index is 2.83. The van der Waals surface area contributed by atoms with Crippen molar-refractivity contribution in [1.82, 2.24) is 5.32 Å². The van der Waals surface area contributed by atoms with Gasteiger partial charge in [0, 0.05) is 19.6 Å². The molecule has 6 heteroatoms. The minimum absolute atomic E-state index is 0.0753. The van der Waals surface area contributed by atoms with Gasteiger partial charge in [0.2, 0.25) is 0 Å². The van der Waals surface area contributed by atoms with E-state index in [0.717, 1.165) is 13.1 Å². The summed E-state index contributed by atoms with van der Waals surface area (Å²) in [7, 11) is 0. The molecule has 0 atom stereocenters. The highest BCUT2D eigenvalue weighted by Crippen LogP contribution is 1.77. The summed E-state index contributed by atoms with van der Waals surface area (Å²) < 4.78 is 15.5. The maximum atomic E-state index is 8.44. The summed E-state index contributed by atoms with van der Waals surface area (Å²) in [4.78, 5) is 0. The molecule has 0 aliphatic heterocycles. The fraction of sp³-hybridized carbons (Fsp3) is 1.00. The maximum Gasteiger partial charge on any atom is 0.0701 e. The van der Waals surface area contributed by atoms with E-state index in [-0.39, 0.29) is 6.61 Å². The zero-order chi connectivity index (χ0) is 11.9. The highest BCUT2D eigenvalue weighted by molar-refractivity contribution is 4.45. The summed E-state index contributed by atoms with van der Waals surface area (Å²) in [5.41, 5.74) is 5.26. The topological polar surface area (TPSA) is 86.0 Å². The highest BCUT2D eigenvalue weighted by Gasteiger charge is 1.90. The number of aliphatic hydroxyl groups excluding tert-OH is 1. The quantitative estimate of drug-likeness (QED) is 0.340. The predicted molar refractivity (Wildman–Crippen MR) is 61.5 cm³/mol. The van der Waals surface area contributed by atoms with E-state index in [1.807, 2.05) is 0 Å². The summed E-state index contributed by atoms with van der Waals surface area (Å²) >= 11 is 0. The lowest BCUT2D eigenvalue weighted by atomic mass is 10.6. The van der Waals surface area contributed by atoms with Gasteiger partial charge in [-0.05, 0) is 0 Å². The predicted octanol–water partition coefficient (Wildman–Crippen LogP) is -1.42. The third-order valence-corrected chi connectivity index (χ3v) is 1.72. The van der Waals surface area contributed by atoms with E-state index in [1.165, 1.54) is 0 Å². The van der Waals surface area contributed by atoms with Crippen LogP contribution in [-0.2, 0) is 14.2 Å². The van der Waals surface area contributed by atoms with Crippen LogP contribution >= 0.6 is 0 Å². The molecule has 0 bridgehead atoms. The lowest BCUT2D eigenvalue weighted by Gasteiger charge is -2.06. The standard InChI is InChI=1S/C10H24N2O4/c11-1-5-14-9-10-16-7-3-12-2-6-15-8-4-13/h12-13H,1-11H2. The fourth-order valence-corrected chi connectivity index (χ4v) is 0.986. The van der Waals surface area contributed by atoms with Gasteiger partial charge in [0.15, 0.2) is 0 Å². The molecule has 4 N–H and O–H groups in total. The number of nitrogens with one attached hydrogen (secondary N) is 1. The third-order valence-electron chi connectivity index (χ3n) is 1.72. The molecule has 0 amide bonds. The molecule has 16 heavy (non-hydrogen) atoms. The van der Waals surface area contributed by atoms with E-state index in [1.54, 1.807) is 0 Å². The molecule has 0 saturated carbocycles. The van der Waals surface area contributed by atoms with Crippen molar-refractivity contribution in [2.75, 3.05) is 65.9 Å². The third kappa shape index (κ3) is 13.8. The van der Waals surface area contributed by atoms with Gasteiger partial charge in [-0.25, -0.2) is 0 Å². The summed E-state index contributed by atoms with van der Waals surface area (Å²) in [5.74, 6) is 0. The normalized spacial score (nSPS) is 10.9. The Kier molecular flexibility index (Phi) is 14.5. The van der Waals surface area contributed by atoms with Crippen LogP contribution in [0.25, 0.3) is 0 Å². The largest absolute Gasteiger partial charge is 0.394 e. The molecule has 0 aromatic rings. The number of aliphatic hydroxyl groups is 1. The second-order valence-electron chi connectivity index (χ2n) is 3.10. The molecule has 0 heterocycles. The Morgan fingerprint density at radius 2 is 1.38 bits per heavy atom. The van der Waals surface area contributed by atoms with Crippen LogP contribution in [0.5, 0.6) is 0 Å². The Morgan fingerprint density at radius 1 is 0.812 bits per heavy atom. The van der Waals surface area contributed by atoms with Crippen LogP contribution < -0.4 is 11.1 Å². The first-order valence-corrected chi connectivity index (χ1v) is 5.66. The zero-order valence-corrected chi connectivity index (χ0v) is 9.82. The first-order valence-electron chi connectivity index (χ1n) is 5.66. The summed E-state index contributed by atoms with van der Waals surface area (Å²) in [5, 5.41) is 11.6. The van der Waals surface area contributed by atoms with E-state index >= 15 is 0 Å². The van der Waals surface area contributed by atoms with Crippen molar-refractivity contribution in [2.24, 2.45) is 5.73 Å². The van der Waals surface area contributed by atoms with Crippen molar-refractivity contribution in [3.63, 3.8) is 0 Å². The van der Waals surface area contributed by atoms with Gasteiger partial charge in [-0.2, -0.15) is 0 Å². The van der Waals surface area contributed by atoms with E-state index in [0.29, 0.717) is 46.2 Å². The summed E-state index contributed by atoms with van der Waals surface area (Å²) in [6.45, 7) is 5.64. The first kappa shape index (κ1) is 15.8. The van der Waals surface area contributed by atoms with Crippen molar-refractivity contribution in [1.29, 1.82) is 0 Å². The van der Waals surface area contributed by atoms with Crippen molar-refractivity contribution in [3.05, 3.63) is 0 Å². The van der Waals surface area contributed by atoms with Crippen LogP contribution in [0.4, 0.5) is 0 Å². The van der Waals surface area contributed by atoms with Crippen LogP contribution in [0.1, 0.15) is 0 Å². The van der Waals surface area contributed by atoms with Crippen LogP contribution in [0, 0.1) is 0 Å². The maximum absolute atomic E-state index is 8.44. The molecule has 0 fully saturated rings. The second-order valence-corrected chi connectivity index (χ2v) is 3.10. The minimum atomic E-state index is 0.0753. The number of rotatable bonds is 13. The average Bonchev–Trinajstić information content (AvgIpc) is 2.31.